The van der Waals surface area contributed by atoms with Crippen LogP contribution in [0.15, 0.2) is 61.1 Å². The zero-order chi connectivity index (χ0) is 18.1. The quantitative estimate of drug-likeness (QED) is 0.337. The summed E-state index contributed by atoms with van der Waals surface area (Å²) >= 11 is 0. The summed E-state index contributed by atoms with van der Waals surface area (Å²) in [6.07, 6.45) is 11.0. The molecule has 2 saturated heterocycles. The molecular weight excluding hydrogens is 362 g/mol. The van der Waals surface area contributed by atoms with Crippen LogP contribution in [0.2, 0.25) is 0 Å². The molecule has 25 heavy (non-hydrogen) atoms. The van der Waals surface area contributed by atoms with Gasteiger partial charge in [-0.1, -0.05) is 31.4 Å². The first kappa shape index (κ1) is 20.3. The molecule has 0 radical (unpaired) electrons. The highest BCUT2D eigenvalue weighted by molar-refractivity contribution is 7.42. The van der Waals surface area contributed by atoms with E-state index in [1.165, 1.54) is 6.08 Å². The molecule has 0 aromatic heterocycles. The average Bonchev–Trinajstić information content (AvgIpc) is 2.64. The maximum absolute atomic E-state index is 5.77. The molecule has 0 amide bonds. The smallest absolute Gasteiger partial charge is 0.397 e. The van der Waals surface area contributed by atoms with Crippen LogP contribution in [0.25, 0.3) is 0 Å². The highest BCUT2D eigenvalue weighted by atomic mass is 31.2. The lowest BCUT2D eigenvalue weighted by atomic mass is 9.93. The van der Waals surface area contributed by atoms with Crippen LogP contribution in [0.4, 0.5) is 0 Å². The van der Waals surface area contributed by atoms with E-state index in [0.717, 1.165) is 0 Å². The van der Waals surface area contributed by atoms with Crippen molar-refractivity contribution in [1.29, 1.82) is 0 Å². The Labute approximate surface area is 151 Å². The van der Waals surface area contributed by atoms with Gasteiger partial charge in [-0.05, 0) is 32.1 Å². The van der Waals surface area contributed by atoms with Crippen molar-refractivity contribution in [3.05, 3.63) is 61.1 Å². The predicted octanol–water partition coefficient (Wildman–Crippen LogP) is 5.29. The second-order valence-corrected chi connectivity index (χ2v) is 7.78. The van der Waals surface area contributed by atoms with Crippen LogP contribution in [0, 0.1) is 5.41 Å². The molecule has 138 valence electrons. The van der Waals surface area contributed by atoms with Crippen molar-refractivity contribution < 1.29 is 27.1 Å². The monoisotopic (exact) mass is 386 g/mol. The number of rotatable bonds is 7. The third kappa shape index (κ3) is 6.34. The molecule has 0 N–H and O–H groups in total. The molecular formula is C17H24O6P2. The van der Waals surface area contributed by atoms with Gasteiger partial charge in [0.05, 0.1) is 31.8 Å². The third-order valence-corrected chi connectivity index (χ3v) is 5.39. The van der Waals surface area contributed by atoms with Crippen LogP contribution in [-0.2, 0) is 27.1 Å². The summed E-state index contributed by atoms with van der Waals surface area (Å²) in [5, 5.41) is 0. The summed E-state index contributed by atoms with van der Waals surface area (Å²) in [6, 6.07) is 0. The largest absolute Gasteiger partial charge is 0.427 e. The highest BCUT2D eigenvalue weighted by Gasteiger charge is 2.44. The normalized spacial score (nSPS) is 30.7. The summed E-state index contributed by atoms with van der Waals surface area (Å²) < 4.78 is 34.0. The van der Waals surface area contributed by atoms with Gasteiger partial charge in [0.25, 0.3) is 0 Å². The summed E-state index contributed by atoms with van der Waals surface area (Å²) in [7, 11) is -2.87. The van der Waals surface area contributed by atoms with Crippen LogP contribution in [-0.4, -0.2) is 26.4 Å². The van der Waals surface area contributed by atoms with Crippen LogP contribution >= 0.6 is 17.2 Å². The first-order chi connectivity index (χ1) is 12.1. The second kappa shape index (κ2) is 10.2. The van der Waals surface area contributed by atoms with Gasteiger partial charge in [-0.2, -0.15) is 0 Å². The van der Waals surface area contributed by atoms with Gasteiger partial charge in [0.2, 0.25) is 0 Å². The van der Waals surface area contributed by atoms with Crippen molar-refractivity contribution in [2.75, 3.05) is 26.4 Å². The van der Waals surface area contributed by atoms with E-state index >= 15 is 0 Å². The Hall–Kier alpha value is -1.00. The predicted molar refractivity (Wildman–Crippen MR) is 99.3 cm³/mol. The molecule has 2 aliphatic heterocycles. The fraction of sp³-hybridized carbons (Fsp3) is 0.412. The summed E-state index contributed by atoms with van der Waals surface area (Å²) in [5.74, 6) is 1.12. The van der Waals surface area contributed by atoms with E-state index in [-0.39, 0.29) is 5.41 Å². The van der Waals surface area contributed by atoms with Gasteiger partial charge < -0.3 is 27.1 Å². The molecule has 1 spiro atoms. The standard InChI is InChI=1S/C17H24O6P2/c1-5-8-10-16(9-6-2)23-25-20-13-17(14-21-25)11-18-24(19-12-17)22-15(4)7-3/h5-10H,3-4,11-14H2,1-2H3/b8-5-,9-6-,16-10+. The van der Waals surface area contributed by atoms with E-state index in [4.69, 9.17) is 27.1 Å². The van der Waals surface area contributed by atoms with E-state index in [9.17, 15) is 0 Å². The molecule has 2 heterocycles. The first-order valence-corrected chi connectivity index (χ1v) is 10.0. The topological polar surface area (TPSA) is 55.4 Å². The summed E-state index contributed by atoms with van der Waals surface area (Å²) in [6.45, 7) is 12.9. The van der Waals surface area contributed by atoms with E-state index in [1.807, 2.05) is 44.2 Å². The van der Waals surface area contributed by atoms with Crippen molar-refractivity contribution in [2.24, 2.45) is 5.41 Å². The highest BCUT2D eigenvalue weighted by Crippen LogP contribution is 2.54. The fourth-order valence-electron chi connectivity index (χ4n) is 1.88. The Bertz CT molecular complexity index is 539. The number of hydrogen-bond donors (Lipinski definition) is 0. The van der Waals surface area contributed by atoms with Gasteiger partial charge >= 0.3 is 17.2 Å². The summed E-state index contributed by atoms with van der Waals surface area (Å²) in [4.78, 5) is 0. The molecule has 6 nitrogen and oxygen atoms in total. The van der Waals surface area contributed by atoms with Crippen LogP contribution < -0.4 is 0 Å². The van der Waals surface area contributed by atoms with Gasteiger partial charge in [-0.25, -0.2) is 0 Å². The summed E-state index contributed by atoms with van der Waals surface area (Å²) in [5.41, 5.74) is -0.340. The SMILES string of the molecule is C=CC(=C)OP1OCC2(CO1)COP(OC(/C=C\C)=C/C=C\C)OC2. The molecule has 0 saturated carbocycles. The zero-order valence-corrected chi connectivity index (χ0v) is 16.3. The van der Waals surface area contributed by atoms with E-state index in [0.29, 0.717) is 37.9 Å². The first-order valence-electron chi connectivity index (χ1n) is 7.86. The van der Waals surface area contributed by atoms with Crippen LogP contribution in [0.5, 0.6) is 0 Å². The molecule has 0 aromatic rings. The number of hydrogen-bond acceptors (Lipinski definition) is 6. The Morgan fingerprint density at radius 1 is 0.960 bits per heavy atom. The Balaban J connectivity index is 1.81. The fourth-order valence-corrected chi connectivity index (χ4v) is 4.32. The van der Waals surface area contributed by atoms with Crippen molar-refractivity contribution in [3.8, 4) is 0 Å². The lowest BCUT2D eigenvalue weighted by molar-refractivity contribution is -0.0714. The lowest BCUT2D eigenvalue weighted by Gasteiger charge is -2.41. The van der Waals surface area contributed by atoms with Gasteiger partial charge in [-0.15, -0.1) is 0 Å². The Morgan fingerprint density at radius 3 is 2.00 bits per heavy atom. The van der Waals surface area contributed by atoms with Gasteiger partial charge in [0, 0.05) is 0 Å². The minimum absolute atomic E-state index is 0.340. The molecule has 8 heteroatoms. The van der Waals surface area contributed by atoms with E-state index in [1.54, 1.807) is 0 Å². The second-order valence-electron chi connectivity index (χ2n) is 5.49. The molecule has 0 unspecified atom stereocenters. The maximum Gasteiger partial charge on any atom is 0.397 e. The Morgan fingerprint density at radius 2 is 1.52 bits per heavy atom. The average molecular weight is 386 g/mol. The molecule has 2 fully saturated rings. The Kier molecular flexibility index (Phi) is 8.31. The molecule has 0 atom stereocenters. The molecule has 2 rings (SSSR count). The van der Waals surface area contributed by atoms with Crippen molar-refractivity contribution in [3.63, 3.8) is 0 Å². The zero-order valence-electron chi connectivity index (χ0n) is 14.6. The molecule has 0 aliphatic carbocycles. The number of allylic oxidation sites excluding steroid dienone is 6. The lowest BCUT2D eigenvalue weighted by Crippen LogP contribution is -2.44. The van der Waals surface area contributed by atoms with Crippen LogP contribution in [0.3, 0.4) is 0 Å². The van der Waals surface area contributed by atoms with Crippen LogP contribution in [0.1, 0.15) is 13.8 Å². The maximum atomic E-state index is 5.77. The van der Waals surface area contributed by atoms with Crippen molar-refractivity contribution >= 4 is 17.2 Å². The minimum atomic E-state index is -1.44. The van der Waals surface area contributed by atoms with Gasteiger partial charge in [-0.3, -0.25) is 0 Å². The minimum Gasteiger partial charge on any atom is -0.427 e. The van der Waals surface area contributed by atoms with Gasteiger partial charge in [0.1, 0.15) is 11.5 Å². The van der Waals surface area contributed by atoms with E-state index in [2.05, 4.69) is 13.2 Å². The third-order valence-electron chi connectivity index (χ3n) is 3.29. The van der Waals surface area contributed by atoms with Gasteiger partial charge in [0.15, 0.2) is 0 Å². The van der Waals surface area contributed by atoms with Crippen molar-refractivity contribution in [1.82, 2.24) is 0 Å². The molecule has 2 aliphatic rings. The van der Waals surface area contributed by atoms with Crippen molar-refractivity contribution in [2.45, 2.75) is 13.8 Å². The molecule has 0 bridgehead atoms. The van der Waals surface area contributed by atoms with E-state index < -0.39 is 17.2 Å². The molecule has 0 aromatic carbocycles.